The summed E-state index contributed by atoms with van der Waals surface area (Å²) in [7, 11) is 0. The molecule has 5 fully saturated rings. The highest BCUT2D eigenvalue weighted by Crippen LogP contribution is 2.76. The fraction of sp³-hybridized carbons (Fsp3) is 0.933. The summed E-state index contributed by atoms with van der Waals surface area (Å²) in [5.74, 6) is 3.36. The molecule has 1 saturated heterocycles. The summed E-state index contributed by atoms with van der Waals surface area (Å²) < 4.78 is 5.36. The average Bonchev–Trinajstić information content (AvgIpc) is 3.03. The Morgan fingerprint density at radius 1 is 0.788 bits per heavy atom. The van der Waals surface area contributed by atoms with Gasteiger partial charge in [-0.05, 0) is 122 Å². The molecular formula is C30H48O3. The van der Waals surface area contributed by atoms with Crippen molar-refractivity contribution in [2.24, 2.45) is 62.6 Å². The van der Waals surface area contributed by atoms with Gasteiger partial charge in [-0.3, -0.25) is 9.59 Å². The van der Waals surface area contributed by atoms with Crippen molar-refractivity contribution in [3.63, 3.8) is 0 Å². The van der Waals surface area contributed by atoms with Crippen molar-refractivity contribution in [1.82, 2.24) is 0 Å². The second kappa shape index (κ2) is 7.10. The summed E-state index contributed by atoms with van der Waals surface area (Å²) >= 11 is 0. The van der Waals surface area contributed by atoms with Gasteiger partial charge in [0.1, 0.15) is 0 Å². The summed E-state index contributed by atoms with van der Waals surface area (Å²) in [6.07, 6.45) is 10.7. The molecule has 5 rings (SSSR count). The van der Waals surface area contributed by atoms with E-state index in [2.05, 4.69) is 41.5 Å². The van der Waals surface area contributed by atoms with Crippen LogP contribution < -0.4 is 0 Å². The van der Waals surface area contributed by atoms with E-state index in [9.17, 15) is 9.59 Å². The van der Waals surface area contributed by atoms with E-state index in [4.69, 9.17) is 4.74 Å². The van der Waals surface area contributed by atoms with E-state index >= 15 is 0 Å². The molecule has 0 aromatic carbocycles. The van der Waals surface area contributed by atoms with Gasteiger partial charge in [0.2, 0.25) is 0 Å². The minimum absolute atomic E-state index is 0.165. The standard InChI is InChI=1S/C30H48O3/c1-18(2)19-11-13-27(5)15-16-29(7)20(24(19)27)9-10-22-28(6)17-23(31)33-25(32)26(3,4)21(28)12-14-30(22,29)8/h18-22,24H,9-17H2,1-8H3/t19-,20+,21-,22+,24+,27+,28-,29+,30-/m0/s1. The molecule has 0 bridgehead atoms. The van der Waals surface area contributed by atoms with Gasteiger partial charge >= 0.3 is 11.9 Å². The SMILES string of the molecule is CC(C)[C@@H]1CC[C@]2(C)CC[C@]3(C)[C@H](CC[C@@H]4[C@@]5(C)CC(=O)OC(=O)C(C)(C)[C@@H]5CC[C@@]43C)[C@@H]12. The molecular weight excluding hydrogens is 408 g/mol. The van der Waals surface area contributed by atoms with E-state index in [1.807, 2.05) is 13.8 Å². The van der Waals surface area contributed by atoms with E-state index in [0.717, 1.165) is 30.1 Å². The molecule has 1 aliphatic heterocycles. The molecule has 0 radical (unpaired) electrons. The maximum atomic E-state index is 12.9. The van der Waals surface area contributed by atoms with Crippen LogP contribution in [-0.4, -0.2) is 11.9 Å². The van der Waals surface area contributed by atoms with Gasteiger partial charge in [-0.25, -0.2) is 0 Å². The minimum atomic E-state index is -0.598. The predicted molar refractivity (Wildman–Crippen MR) is 131 cm³/mol. The summed E-state index contributed by atoms with van der Waals surface area (Å²) in [6, 6.07) is 0. The van der Waals surface area contributed by atoms with Crippen LogP contribution in [0.2, 0.25) is 0 Å². The molecule has 4 aliphatic carbocycles. The molecule has 1 heterocycles. The lowest BCUT2D eigenvalue weighted by atomic mass is 9.33. The van der Waals surface area contributed by atoms with E-state index in [0.29, 0.717) is 23.2 Å². The fourth-order valence-corrected chi connectivity index (χ4v) is 11.3. The third kappa shape index (κ3) is 2.92. The van der Waals surface area contributed by atoms with Crippen molar-refractivity contribution in [3.8, 4) is 0 Å². The zero-order valence-corrected chi connectivity index (χ0v) is 22.6. The van der Waals surface area contributed by atoms with Gasteiger partial charge < -0.3 is 4.74 Å². The Balaban J connectivity index is 1.57. The lowest BCUT2D eigenvalue weighted by Crippen LogP contribution is -2.65. The van der Waals surface area contributed by atoms with Crippen LogP contribution in [0.25, 0.3) is 0 Å². The highest BCUT2D eigenvalue weighted by atomic mass is 16.6. The van der Waals surface area contributed by atoms with Crippen molar-refractivity contribution in [2.75, 3.05) is 0 Å². The first-order valence-electron chi connectivity index (χ1n) is 14.0. The molecule has 0 amide bonds. The highest BCUT2D eigenvalue weighted by molar-refractivity contribution is 5.90. The third-order valence-corrected chi connectivity index (χ3v) is 13.2. The van der Waals surface area contributed by atoms with E-state index in [1.165, 1.54) is 44.9 Å². The quantitative estimate of drug-likeness (QED) is 0.304. The Morgan fingerprint density at radius 3 is 2.15 bits per heavy atom. The number of rotatable bonds is 1. The average molecular weight is 457 g/mol. The van der Waals surface area contributed by atoms with Crippen LogP contribution in [0.3, 0.4) is 0 Å². The van der Waals surface area contributed by atoms with Crippen molar-refractivity contribution in [1.29, 1.82) is 0 Å². The molecule has 33 heavy (non-hydrogen) atoms. The summed E-state index contributed by atoms with van der Waals surface area (Å²) in [5, 5.41) is 0. The molecule has 186 valence electrons. The monoisotopic (exact) mass is 456 g/mol. The van der Waals surface area contributed by atoms with Gasteiger partial charge in [0.15, 0.2) is 0 Å². The fourth-order valence-electron chi connectivity index (χ4n) is 11.3. The molecule has 3 nitrogen and oxygen atoms in total. The second-order valence-electron chi connectivity index (χ2n) is 15.0. The van der Waals surface area contributed by atoms with Crippen LogP contribution in [0.4, 0.5) is 0 Å². The van der Waals surface area contributed by atoms with Crippen molar-refractivity contribution in [2.45, 2.75) is 113 Å². The zero-order valence-electron chi connectivity index (χ0n) is 22.6. The Morgan fingerprint density at radius 2 is 1.48 bits per heavy atom. The first-order valence-corrected chi connectivity index (χ1v) is 14.0. The van der Waals surface area contributed by atoms with Crippen LogP contribution in [0.5, 0.6) is 0 Å². The van der Waals surface area contributed by atoms with Crippen LogP contribution in [0.1, 0.15) is 113 Å². The summed E-state index contributed by atoms with van der Waals surface area (Å²) in [4.78, 5) is 25.7. The lowest BCUT2D eigenvalue weighted by Gasteiger charge is -2.71. The minimum Gasteiger partial charge on any atom is -0.393 e. The number of carbonyl (C=O) groups excluding carboxylic acids is 2. The van der Waals surface area contributed by atoms with Gasteiger partial charge in [0, 0.05) is 0 Å². The van der Waals surface area contributed by atoms with Crippen LogP contribution in [0, 0.1) is 62.6 Å². The number of carbonyl (C=O) groups is 2. The zero-order chi connectivity index (χ0) is 24.2. The Bertz CT molecular complexity index is 859. The molecule has 0 aromatic rings. The number of esters is 2. The second-order valence-corrected chi connectivity index (χ2v) is 15.0. The van der Waals surface area contributed by atoms with E-state index < -0.39 is 5.41 Å². The van der Waals surface area contributed by atoms with E-state index in [-0.39, 0.29) is 28.7 Å². The molecule has 5 aliphatic rings. The van der Waals surface area contributed by atoms with Gasteiger partial charge in [-0.2, -0.15) is 0 Å². The van der Waals surface area contributed by atoms with Crippen LogP contribution >= 0.6 is 0 Å². The largest absolute Gasteiger partial charge is 0.393 e. The molecule has 3 heteroatoms. The number of cyclic esters (lactones) is 2. The van der Waals surface area contributed by atoms with Crippen molar-refractivity contribution in [3.05, 3.63) is 0 Å². The van der Waals surface area contributed by atoms with Gasteiger partial charge in [-0.1, -0.05) is 41.5 Å². The van der Waals surface area contributed by atoms with Gasteiger partial charge in [-0.15, -0.1) is 0 Å². The Hall–Kier alpha value is -0.860. The number of fused-ring (bicyclic) bond motifs is 7. The van der Waals surface area contributed by atoms with Crippen molar-refractivity contribution < 1.29 is 14.3 Å². The molecule has 4 saturated carbocycles. The smallest absolute Gasteiger partial charge is 0.319 e. The normalized spacial score (nSPS) is 53.4. The molecule has 0 unspecified atom stereocenters. The molecule has 0 aromatic heterocycles. The van der Waals surface area contributed by atoms with Crippen LogP contribution in [0.15, 0.2) is 0 Å². The third-order valence-electron chi connectivity index (χ3n) is 13.2. The maximum absolute atomic E-state index is 12.9. The topological polar surface area (TPSA) is 43.4 Å². The Kier molecular flexibility index (Phi) is 5.13. The molecule has 9 atom stereocenters. The predicted octanol–water partition coefficient (Wildman–Crippen LogP) is 7.42. The van der Waals surface area contributed by atoms with Crippen LogP contribution in [-0.2, 0) is 14.3 Å². The molecule has 0 N–H and O–H groups in total. The first-order chi connectivity index (χ1) is 15.2. The first kappa shape index (κ1) is 23.9. The summed E-state index contributed by atoms with van der Waals surface area (Å²) in [6.45, 7) is 19.2. The van der Waals surface area contributed by atoms with Crippen molar-refractivity contribution >= 4 is 11.9 Å². The van der Waals surface area contributed by atoms with E-state index in [1.54, 1.807) is 0 Å². The number of hydrogen-bond donors (Lipinski definition) is 0. The van der Waals surface area contributed by atoms with Gasteiger partial charge in [0.25, 0.3) is 0 Å². The number of ether oxygens (including phenoxy) is 1. The summed E-state index contributed by atoms with van der Waals surface area (Å²) in [5.41, 5.74) is 0.289. The Labute approximate surface area is 202 Å². The van der Waals surface area contributed by atoms with Gasteiger partial charge in [0.05, 0.1) is 11.8 Å². The highest BCUT2D eigenvalue weighted by Gasteiger charge is 2.70. The molecule has 0 spiro atoms. The number of hydrogen-bond acceptors (Lipinski definition) is 3. The lowest BCUT2D eigenvalue weighted by molar-refractivity contribution is -0.227. The maximum Gasteiger partial charge on any atom is 0.319 e.